The molecule has 112 valence electrons. The Morgan fingerprint density at radius 2 is 2.14 bits per heavy atom. The van der Waals surface area contributed by atoms with E-state index in [2.05, 4.69) is 37.6 Å². The molecule has 0 spiro atoms. The lowest BCUT2D eigenvalue weighted by molar-refractivity contribution is 0.323. The van der Waals surface area contributed by atoms with Crippen LogP contribution in [0.25, 0.3) is 11.5 Å². The second kappa shape index (κ2) is 5.98. The number of thiophene rings is 1. The molecule has 0 radical (unpaired) electrons. The molecular weight excluding hydrogens is 296 g/mol. The number of nitrogens with zero attached hydrogens (tertiary/aromatic N) is 4. The molecule has 6 heteroatoms. The Kier molecular flexibility index (Phi) is 3.70. The van der Waals surface area contributed by atoms with Crippen LogP contribution in [0, 0.1) is 0 Å². The first-order chi connectivity index (χ1) is 10.9. The average molecular weight is 312 g/mol. The lowest BCUT2D eigenvalue weighted by atomic mass is 10.1. The van der Waals surface area contributed by atoms with Crippen LogP contribution in [0.4, 0.5) is 0 Å². The van der Waals surface area contributed by atoms with E-state index in [0.717, 1.165) is 37.5 Å². The van der Waals surface area contributed by atoms with Gasteiger partial charge in [-0.2, -0.15) is 0 Å². The summed E-state index contributed by atoms with van der Waals surface area (Å²) in [5.41, 5.74) is 0.919. The lowest BCUT2D eigenvalue weighted by Gasteiger charge is -2.13. The molecule has 0 bridgehead atoms. The van der Waals surface area contributed by atoms with Crippen molar-refractivity contribution < 1.29 is 4.42 Å². The van der Waals surface area contributed by atoms with Crippen molar-refractivity contribution in [2.45, 2.75) is 18.9 Å². The summed E-state index contributed by atoms with van der Waals surface area (Å²) in [6, 6.07) is 8.06. The highest BCUT2D eigenvalue weighted by Crippen LogP contribution is 2.29. The van der Waals surface area contributed by atoms with Gasteiger partial charge in [-0.05, 0) is 36.5 Å². The highest BCUT2D eigenvalue weighted by atomic mass is 32.1. The van der Waals surface area contributed by atoms with Crippen LogP contribution in [0.1, 0.15) is 23.1 Å². The minimum atomic E-state index is 0.336. The summed E-state index contributed by atoms with van der Waals surface area (Å²) in [5, 5.41) is 10.5. The summed E-state index contributed by atoms with van der Waals surface area (Å²) >= 11 is 1.81. The SMILES string of the molecule is c1csc(CN2CCC(c3nnc(-c4ccncc4)o3)C2)c1. The van der Waals surface area contributed by atoms with E-state index in [4.69, 9.17) is 4.42 Å². The molecule has 4 heterocycles. The molecule has 1 saturated heterocycles. The molecule has 1 fully saturated rings. The lowest BCUT2D eigenvalue weighted by Crippen LogP contribution is -2.19. The fourth-order valence-corrected chi connectivity index (χ4v) is 3.56. The summed E-state index contributed by atoms with van der Waals surface area (Å²) < 4.78 is 5.86. The number of hydrogen-bond acceptors (Lipinski definition) is 6. The van der Waals surface area contributed by atoms with Gasteiger partial charge in [0.1, 0.15) is 0 Å². The molecule has 1 atom stereocenters. The van der Waals surface area contributed by atoms with E-state index in [-0.39, 0.29) is 0 Å². The topological polar surface area (TPSA) is 55.1 Å². The van der Waals surface area contributed by atoms with Gasteiger partial charge in [-0.15, -0.1) is 21.5 Å². The first-order valence-electron chi connectivity index (χ1n) is 7.37. The average Bonchev–Trinajstić information content (AvgIpc) is 3.30. The third-order valence-electron chi connectivity index (χ3n) is 3.95. The third-order valence-corrected chi connectivity index (χ3v) is 4.81. The molecule has 22 heavy (non-hydrogen) atoms. The monoisotopic (exact) mass is 312 g/mol. The van der Waals surface area contributed by atoms with Crippen molar-refractivity contribution >= 4 is 11.3 Å². The quantitative estimate of drug-likeness (QED) is 0.740. The van der Waals surface area contributed by atoms with Crippen molar-refractivity contribution in [3.8, 4) is 11.5 Å². The molecule has 3 aromatic rings. The van der Waals surface area contributed by atoms with Crippen LogP contribution in [-0.4, -0.2) is 33.2 Å². The van der Waals surface area contributed by atoms with E-state index >= 15 is 0 Å². The normalized spacial score (nSPS) is 18.8. The Morgan fingerprint density at radius 3 is 2.95 bits per heavy atom. The van der Waals surface area contributed by atoms with Crippen LogP contribution >= 0.6 is 11.3 Å². The number of rotatable bonds is 4. The van der Waals surface area contributed by atoms with Crippen molar-refractivity contribution in [3.63, 3.8) is 0 Å². The highest BCUT2D eigenvalue weighted by Gasteiger charge is 2.28. The Labute approximate surface area is 132 Å². The summed E-state index contributed by atoms with van der Waals surface area (Å²) in [7, 11) is 0. The van der Waals surface area contributed by atoms with E-state index in [1.165, 1.54) is 4.88 Å². The van der Waals surface area contributed by atoms with Gasteiger partial charge in [0.15, 0.2) is 0 Å². The molecule has 0 saturated carbocycles. The first kappa shape index (κ1) is 13.6. The zero-order chi connectivity index (χ0) is 14.8. The van der Waals surface area contributed by atoms with Crippen molar-refractivity contribution in [2.75, 3.05) is 13.1 Å². The maximum Gasteiger partial charge on any atom is 0.247 e. The molecule has 0 N–H and O–H groups in total. The van der Waals surface area contributed by atoms with Crippen LogP contribution in [0.2, 0.25) is 0 Å². The van der Waals surface area contributed by atoms with Crippen molar-refractivity contribution in [3.05, 3.63) is 52.8 Å². The van der Waals surface area contributed by atoms with Crippen molar-refractivity contribution in [1.82, 2.24) is 20.1 Å². The minimum Gasteiger partial charge on any atom is -0.420 e. The largest absolute Gasteiger partial charge is 0.420 e. The zero-order valence-corrected chi connectivity index (χ0v) is 12.9. The van der Waals surface area contributed by atoms with E-state index < -0.39 is 0 Å². The standard InChI is InChI=1S/C16H16N4OS/c1-2-14(22-9-1)11-20-8-5-13(10-20)16-19-18-15(21-16)12-3-6-17-7-4-12/h1-4,6-7,9,13H,5,8,10-11H2. The van der Waals surface area contributed by atoms with Gasteiger partial charge in [-0.25, -0.2) is 0 Å². The smallest absolute Gasteiger partial charge is 0.247 e. The Morgan fingerprint density at radius 1 is 1.23 bits per heavy atom. The van der Waals surface area contributed by atoms with Crippen LogP contribution in [-0.2, 0) is 6.54 Å². The summed E-state index contributed by atoms with van der Waals surface area (Å²) in [4.78, 5) is 7.86. The number of pyridine rings is 1. The Bertz CT molecular complexity index is 726. The van der Waals surface area contributed by atoms with Gasteiger partial charge in [0.25, 0.3) is 0 Å². The fraction of sp³-hybridized carbons (Fsp3) is 0.312. The molecule has 0 amide bonds. The van der Waals surface area contributed by atoms with E-state index in [9.17, 15) is 0 Å². The van der Waals surface area contributed by atoms with Crippen LogP contribution in [0.15, 0.2) is 46.5 Å². The molecule has 0 aromatic carbocycles. The maximum atomic E-state index is 5.86. The van der Waals surface area contributed by atoms with Gasteiger partial charge in [-0.3, -0.25) is 9.88 Å². The predicted octanol–water partition coefficient (Wildman–Crippen LogP) is 3.18. The fourth-order valence-electron chi connectivity index (χ4n) is 2.81. The second-order valence-electron chi connectivity index (χ2n) is 5.48. The predicted molar refractivity (Wildman–Crippen MR) is 84.5 cm³/mol. The highest BCUT2D eigenvalue weighted by molar-refractivity contribution is 7.09. The molecule has 4 rings (SSSR count). The van der Waals surface area contributed by atoms with Crippen LogP contribution in [0.3, 0.4) is 0 Å². The second-order valence-corrected chi connectivity index (χ2v) is 6.51. The molecule has 1 aliphatic heterocycles. The van der Waals surface area contributed by atoms with Crippen LogP contribution in [0.5, 0.6) is 0 Å². The summed E-state index contributed by atoms with van der Waals surface area (Å²) in [6.07, 6.45) is 4.54. The van der Waals surface area contributed by atoms with Gasteiger partial charge in [0.2, 0.25) is 11.8 Å². The third kappa shape index (κ3) is 2.80. The van der Waals surface area contributed by atoms with Gasteiger partial charge in [0, 0.05) is 35.9 Å². The number of aromatic nitrogens is 3. The molecular formula is C16H16N4OS. The number of likely N-dealkylation sites (tertiary alicyclic amines) is 1. The van der Waals surface area contributed by atoms with Gasteiger partial charge >= 0.3 is 0 Å². The molecule has 5 nitrogen and oxygen atoms in total. The van der Waals surface area contributed by atoms with E-state index in [0.29, 0.717) is 11.8 Å². The number of hydrogen-bond donors (Lipinski definition) is 0. The Balaban J connectivity index is 1.44. The van der Waals surface area contributed by atoms with Crippen LogP contribution < -0.4 is 0 Å². The van der Waals surface area contributed by atoms with Gasteiger partial charge in [-0.1, -0.05) is 6.07 Å². The van der Waals surface area contributed by atoms with Gasteiger partial charge in [0.05, 0.1) is 5.92 Å². The molecule has 3 aromatic heterocycles. The van der Waals surface area contributed by atoms with E-state index in [1.807, 2.05) is 23.5 Å². The zero-order valence-electron chi connectivity index (χ0n) is 12.1. The molecule has 1 unspecified atom stereocenters. The minimum absolute atomic E-state index is 0.336. The van der Waals surface area contributed by atoms with E-state index in [1.54, 1.807) is 12.4 Å². The molecule has 0 aliphatic carbocycles. The summed E-state index contributed by atoms with van der Waals surface area (Å²) in [5.74, 6) is 1.66. The Hall–Kier alpha value is -2.05. The van der Waals surface area contributed by atoms with Gasteiger partial charge < -0.3 is 4.42 Å². The molecule has 1 aliphatic rings. The van der Waals surface area contributed by atoms with Crippen molar-refractivity contribution in [1.29, 1.82) is 0 Å². The first-order valence-corrected chi connectivity index (χ1v) is 8.25. The maximum absolute atomic E-state index is 5.86. The van der Waals surface area contributed by atoms with Crippen molar-refractivity contribution in [2.24, 2.45) is 0 Å². The summed E-state index contributed by atoms with van der Waals surface area (Å²) in [6.45, 7) is 3.07.